The van der Waals surface area contributed by atoms with E-state index in [-0.39, 0.29) is 5.75 Å². The number of benzene rings is 3. The lowest BCUT2D eigenvalue weighted by Crippen LogP contribution is -1.97. The quantitative estimate of drug-likeness (QED) is 0.344. The van der Waals surface area contributed by atoms with Crippen LogP contribution < -0.4 is 5.32 Å². The number of rotatable bonds is 3. The number of para-hydroxylation sites is 1. The molecule has 146 valence electrons. The first-order chi connectivity index (χ1) is 14.6. The zero-order valence-corrected chi connectivity index (χ0v) is 16.4. The van der Waals surface area contributed by atoms with Gasteiger partial charge < -0.3 is 10.4 Å². The summed E-state index contributed by atoms with van der Waals surface area (Å²) in [5.74, 6) is -0.238. The third-order valence-electron chi connectivity index (χ3n) is 4.92. The Hall–Kier alpha value is -3.70. The van der Waals surface area contributed by atoms with Crippen molar-refractivity contribution in [3.8, 4) is 17.0 Å². The van der Waals surface area contributed by atoms with Crippen molar-refractivity contribution in [1.82, 2.24) is 9.97 Å². The largest absolute Gasteiger partial charge is 0.508 e. The molecular formula is C24H15ClFN3O. The molecular weight excluding hydrogens is 401 g/mol. The van der Waals surface area contributed by atoms with Crippen LogP contribution in [0.25, 0.3) is 33.1 Å². The molecule has 0 unspecified atom stereocenters. The van der Waals surface area contributed by atoms with E-state index in [0.717, 1.165) is 27.7 Å². The average Bonchev–Trinajstić information content (AvgIpc) is 2.75. The summed E-state index contributed by atoms with van der Waals surface area (Å²) < 4.78 is 14.5. The van der Waals surface area contributed by atoms with Gasteiger partial charge in [0.15, 0.2) is 0 Å². The topological polar surface area (TPSA) is 58.0 Å². The number of phenolic OH excluding ortho intramolecular Hbond substituents is 1. The Morgan fingerprint density at radius 3 is 2.57 bits per heavy atom. The lowest BCUT2D eigenvalue weighted by molar-refractivity contribution is 0.476. The number of nitrogens with one attached hydrogen (secondary N) is 1. The van der Waals surface area contributed by atoms with E-state index in [1.54, 1.807) is 30.5 Å². The zero-order valence-electron chi connectivity index (χ0n) is 15.6. The SMILES string of the molecule is Oc1ccc2c(Nc3cc(-c4cc(Cl)ccc4F)nc4ccccc34)ccnc2c1. The van der Waals surface area contributed by atoms with Crippen molar-refractivity contribution >= 4 is 44.8 Å². The van der Waals surface area contributed by atoms with Gasteiger partial charge in [0.25, 0.3) is 0 Å². The van der Waals surface area contributed by atoms with Crippen molar-refractivity contribution in [3.05, 3.63) is 89.8 Å². The van der Waals surface area contributed by atoms with Crippen LogP contribution in [0.4, 0.5) is 15.8 Å². The molecule has 4 nitrogen and oxygen atoms in total. The van der Waals surface area contributed by atoms with Gasteiger partial charge in [-0.15, -0.1) is 0 Å². The highest BCUT2D eigenvalue weighted by Gasteiger charge is 2.13. The molecule has 2 heterocycles. The van der Waals surface area contributed by atoms with Crippen LogP contribution in [0, 0.1) is 5.82 Å². The molecule has 2 aromatic heterocycles. The van der Waals surface area contributed by atoms with Crippen LogP contribution >= 0.6 is 11.6 Å². The number of hydrogen-bond donors (Lipinski definition) is 2. The highest BCUT2D eigenvalue weighted by Crippen LogP contribution is 2.34. The van der Waals surface area contributed by atoms with Gasteiger partial charge >= 0.3 is 0 Å². The molecule has 3 aromatic carbocycles. The Labute approximate surface area is 176 Å². The smallest absolute Gasteiger partial charge is 0.132 e. The summed E-state index contributed by atoms with van der Waals surface area (Å²) in [5.41, 5.74) is 3.80. The third-order valence-corrected chi connectivity index (χ3v) is 5.15. The molecule has 0 aliphatic rings. The minimum atomic E-state index is -0.391. The lowest BCUT2D eigenvalue weighted by atomic mass is 10.1. The van der Waals surface area contributed by atoms with Gasteiger partial charge in [-0.2, -0.15) is 0 Å². The second kappa shape index (κ2) is 7.28. The van der Waals surface area contributed by atoms with Gasteiger partial charge in [0.1, 0.15) is 11.6 Å². The van der Waals surface area contributed by atoms with E-state index >= 15 is 0 Å². The Balaban J connectivity index is 1.70. The van der Waals surface area contributed by atoms with Crippen molar-refractivity contribution in [2.75, 3.05) is 5.32 Å². The van der Waals surface area contributed by atoms with E-state index in [0.29, 0.717) is 21.8 Å². The van der Waals surface area contributed by atoms with Crippen LogP contribution in [0.5, 0.6) is 5.75 Å². The molecule has 0 radical (unpaired) electrons. The standard InChI is InChI=1S/C24H15ClFN3O/c25-14-5-8-19(26)18(11-14)24-13-23(16-3-1-2-4-20(16)28-24)29-21-9-10-27-22-12-15(30)6-7-17(21)22/h1-13,30H,(H,27,28,29). The molecule has 0 amide bonds. The molecule has 0 atom stereocenters. The number of hydrogen-bond acceptors (Lipinski definition) is 4. The number of anilines is 2. The number of aromatic hydroxyl groups is 1. The summed E-state index contributed by atoms with van der Waals surface area (Å²) in [5, 5.41) is 15.4. The molecule has 0 spiro atoms. The monoisotopic (exact) mass is 415 g/mol. The van der Waals surface area contributed by atoms with Gasteiger partial charge in [-0.05, 0) is 48.5 Å². The summed E-state index contributed by atoms with van der Waals surface area (Å²) in [6.45, 7) is 0. The summed E-state index contributed by atoms with van der Waals surface area (Å²) >= 11 is 6.10. The van der Waals surface area contributed by atoms with Crippen molar-refractivity contribution in [3.63, 3.8) is 0 Å². The molecule has 0 saturated heterocycles. The van der Waals surface area contributed by atoms with Crippen LogP contribution in [0.3, 0.4) is 0 Å². The van der Waals surface area contributed by atoms with E-state index < -0.39 is 5.82 Å². The molecule has 5 aromatic rings. The van der Waals surface area contributed by atoms with Crippen LogP contribution in [0.2, 0.25) is 5.02 Å². The van der Waals surface area contributed by atoms with Crippen molar-refractivity contribution in [2.45, 2.75) is 0 Å². The molecule has 0 saturated carbocycles. The van der Waals surface area contributed by atoms with Crippen LogP contribution in [0.15, 0.2) is 79.0 Å². The molecule has 30 heavy (non-hydrogen) atoms. The minimum Gasteiger partial charge on any atom is -0.508 e. The predicted molar refractivity (Wildman–Crippen MR) is 119 cm³/mol. The summed E-state index contributed by atoms with van der Waals surface area (Å²) in [6.07, 6.45) is 1.67. The maximum Gasteiger partial charge on any atom is 0.132 e. The van der Waals surface area contributed by atoms with E-state index in [2.05, 4.69) is 15.3 Å². The average molecular weight is 416 g/mol. The van der Waals surface area contributed by atoms with Gasteiger partial charge in [-0.25, -0.2) is 9.37 Å². The number of fused-ring (bicyclic) bond motifs is 2. The first-order valence-electron chi connectivity index (χ1n) is 9.28. The first-order valence-corrected chi connectivity index (χ1v) is 9.66. The molecule has 0 aliphatic heterocycles. The van der Waals surface area contributed by atoms with Gasteiger partial charge in [0.05, 0.1) is 22.4 Å². The van der Waals surface area contributed by atoms with Gasteiger partial charge in [-0.1, -0.05) is 29.8 Å². The summed E-state index contributed by atoms with van der Waals surface area (Å²) in [4.78, 5) is 8.96. The molecule has 0 bridgehead atoms. The predicted octanol–water partition coefficient (Wildman–Crippen LogP) is 6.69. The second-order valence-corrected chi connectivity index (χ2v) is 7.32. The van der Waals surface area contributed by atoms with E-state index in [1.807, 2.05) is 36.4 Å². The zero-order chi connectivity index (χ0) is 20.7. The summed E-state index contributed by atoms with van der Waals surface area (Å²) in [7, 11) is 0. The first kappa shape index (κ1) is 18.3. The fourth-order valence-corrected chi connectivity index (χ4v) is 3.67. The fraction of sp³-hybridized carbons (Fsp3) is 0. The van der Waals surface area contributed by atoms with E-state index in [1.165, 1.54) is 12.1 Å². The maximum atomic E-state index is 14.5. The molecule has 2 N–H and O–H groups in total. The van der Waals surface area contributed by atoms with Crippen LogP contribution in [0.1, 0.15) is 0 Å². The lowest BCUT2D eigenvalue weighted by Gasteiger charge is -2.14. The Bertz CT molecular complexity index is 1420. The Kier molecular flexibility index (Phi) is 4.45. The normalized spacial score (nSPS) is 11.1. The Morgan fingerprint density at radius 1 is 0.833 bits per heavy atom. The van der Waals surface area contributed by atoms with Crippen LogP contribution in [-0.4, -0.2) is 15.1 Å². The van der Waals surface area contributed by atoms with Crippen molar-refractivity contribution in [2.24, 2.45) is 0 Å². The minimum absolute atomic E-state index is 0.153. The molecule has 0 fully saturated rings. The van der Waals surface area contributed by atoms with Gasteiger partial charge in [0.2, 0.25) is 0 Å². The highest BCUT2D eigenvalue weighted by molar-refractivity contribution is 6.30. The number of halogens is 2. The number of phenols is 1. The Morgan fingerprint density at radius 2 is 1.67 bits per heavy atom. The van der Waals surface area contributed by atoms with Crippen LogP contribution in [-0.2, 0) is 0 Å². The van der Waals surface area contributed by atoms with E-state index in [9.17, 15) is 9.50 Å². The summed E-state index contributed by atoms with van der Waals surface area (Å²) in [6, 6.07) is 20.8. The highest BCUT2D eigenvalue weighted by atomic mass is 35.5. The maximum absolute atomic E-state index is 14.5. The van der Waals surface area contributed by atoms with Crippen molar-refractivity contribution in [1.29, 1.82) is 0 Å². The second-order valence-electron chi connectivity index (χ2n) is 6.88. The molecule has 0 aliphatic carbocycles. The molecule has 5 rings (SSSR count). The molecule has 6 heteroatoms. The van der Waals surface area contributed by atoms with Gasteiger partial charge in [0, 0.05) is 39.3 Å². The van der Waals surface area contributed by atoms with Crippen molar-refractivity contribution < 1.29 is 9.50 Å². The third kappa shape index (κ3) is 3.29. The van der Waals surface area contributed by atoms with Gasteiger partial charge in [-0.3, -0.25) is 4.98 Å². The number of nitrogens with zero attached hydrogens (tertiary/aromatic N) is 2. The number of pyridine rings is 2. The van der Waals surface area contributed by atoms with E-state index in [4.69, 9.17) is 11.6 Å². The number of aromatic nitrogens is 2. The fourth-order valence-electron chi connectivity index (χ4n) is 3.50.